The fraction of sp³-hybridized carbons (Fsp3) is 0.652. The van der Waals surface area contributed by atoms with Crippen molar-refractivity contribution in [2.24, 2.45) is 16.7 Å². The Kier molecular flexibility index (Phi) is 3.85. The molecule has 1 aromatic rings. The molecule has 1 heterocycles. The Bertz CT molecular complexity index is 822. The van der Waals surface area contributed by atoms with Crippen molar-refractivity contribution >= 4 is 11.8 Å². The van der Waals surface area contributed by atoms with Crippen LogP contribution in [-0.2, 0) is 4.79 Å². The second-order valence-corrected chi connectivity index (χ2v) is 9.43. The number of carbonyl (C=O) groups excluding carboxylic acids is 2. The summed E-state index contributed by atoms with van der Waals surface area (Å²) in [6, 6.07) is 5.56. The highest BCUT2D eigenvalue weighted by atomic mass is 16.5. The Morgan fingerprint density at radius 2 is 1.89 bits per heavy atom. The summed E-state index contributed by atoms with van der Waals surface area (Å²) in [7, 11) is 1.62. The van der Waals surface area contributed by atoms with Crippen molar-refractivity contribution < 1.29 is 14.3 Å². The first kappa shape index (κ1) is 18.0. The zero-order chi connectivity index (χ0) is 19.7. The predicted molar refractivity (Wildman–Crippen MR) is 106 cm³/mol. The van der Waals surface area contributed by atoms with Crippen LogP contribution in [-0.4, -0.2) is 42.5 Å². The largest absolute Gasteiger partial charge is 0.497 e. The van der Waals surface area contributed by atoms with Gasteiger partial charge in [0, 0.05) is 18.2 Å². The first-order valence-corrected chi connectivity index (χ1v) is 10.7. The maximum Gasteiger partial charge on any atom is 0.251 e. The van der Waals surface area contributed by atoms with Crippen LogP contribution in [0.1, 0.15) is 61.4 Å². The molecule has 1 aromatic carbocycles. The molecule has 1 aliphatic heterocycles. The second-order valence-electron chi connectivity index (χ2n) is 9.43. The number of amides is 2. The average molecular weight is 383 g/mol. The monoisotopic (exact) mass is 382 g/mol. The Morgan fingerprint density at radius 1 is 1.21 bits per heavy atom. The van der Waals surface area contributed by atoms with Crippen molar-refractivity contribution in [1.29, 1.82) is 0 Å². The van der Waals surface area contributed by atoms with Gasteiger partial charge in [-0.15, -0.1) is 0 Å². The molecular weight excluding hydrogens is 352 g/mol. The first-order chi connectivity index (χ1) is 13.4. The molecule has 0 bridgehead atoms. The minimum atomic E-state index is -0.0734. The van der Waals surface area contributed by atoms with Crippen LogP contribution in [0.25, 0.3) is 0 Å². The molecule has 1 N–H and O–H groups in total. The second kappa shape index (κ2) is 5.98. The lowest BCUT2D eigenvalue weighted by Gasteiger charge is -2.31. The number of rotatable bonds is 5. The molecule has 0 radical (unpaired) electrons. The van der Waals surface area contributed by atoms with Crippen molar-refractivity contribution in [3.05, 3.63) is 29.3 Å². The van der Waals surface area contributed by atoms with Crippen LogP contribution >= 0.6 is 0 Å². The van der Waals surface area contributed by atoms with E-state index in [0.29, 0.717) is 22.3 Å². The number of aryl methyl sites for hydroxylation is 1. The molecule has 1 saturated heterocycles. The van der Waals surface area contributed by atoms with Gasteiger partial charge in [0.25, 0.3) is 5.91 Å². The van der Waals surface area contributed by atoms with Gasteiger partial charge < -0.3 is 15.0 Å². The van der Waals surface area contributed by atoms with Gasteiger partial charge in [0.15, 0.2) is 0 Å². The number of likely N-dealkylation sites (tertiary alicyclic amines) is 1. The topological polar surface area (TPSA) is 58.6 Å². The summed E-state index contributed by atoms with van der Waals surface area (Å²) in [5.74, 6) is 1.34. The Balaban J connectivity index is 1.26. The van der Waals surface area contributed by atoms with Crippen LogP contribution in [0.5, 0.6) is 5.75 Å². The van der Waals surface area contributed by atoms with Gasteiger partial charge in [0.2, 0.25) is 5.91 Å². The van der Waals surface area contributed by atoms with Crippen LogP contribution in [0.15, 0.2) is 18.2 Å². The first-order valence-electron chi connectivity index (χ1n) is 10.7. The van der Waals surface area contributed by atoms with Crippen LogP contribution in [0.3, 0.4) is 0 Å². The quantitative estimate of drug-likeness (QED) is 0.850. The number of hydrogen-bond donors (Lipinski definition) is 1. The number of hydrogen-bond acceptors (Lipinski definition) is 3. The van der Waals surface area contributed by atoms with Crippen molar-refractivity contribution in [2.75, 3.05) is 13.7 Å². The van der Waals surface area contributed by atoms with Gasteiger partial charge in [-0.25, -0.2) is 0 Å². The van der Waals surface area contributed by atoms with E-state index in [9.17, 15) is 9.59 Å². The molecule has 2 atom stereocenters. The molecule has 5 heteroatoms. The third kappa shape index (κ3) is 2.44. The van der Waals surface area contributed by atoms with Gasteiger partial charge in [-0.1, -0.05) is 0 Å². The van der Waals surface area contributed by atoms with E-state index < -0.39 is 0 Å². The normalized spacial score (nSPS) is 27.0. The summed E-state index contributed by atoms with van der Waals surface area (Å²) in [5, 5.41) is 3.16. The van der Waals surface area contributed by atoms with E-state index in [2.05, 4.69) is 10.2 Å². The molecule has 2 spiro atoms. The molecule has 4 aliphatic rings. The van der Waals surface area contributed by atoms with Crippen molar-refractivity contribution in [1.82, 2.24) is 10.2 Å². The van der Waals surface area contributed by atoms with Gasteiger partial charge in [0.1, 0.15) is 5.75 Å². The molecule has 3 aliphatic carbocycles. The van der Waals surface area contributed by atoms with Gasteiger partial charge >= 0.3 is 0 Å². The molecule has 3 saturated carbocycles. The number of carbonyl (C=O) groups is 2. The lowest BCUT2D eigenvalue weighted by atomic mass is 10.0. The van der Waals surface area contributed by atoms with E-state index in [1.165, 1.54) is 25.7 Å². The number of nitrogens with zero attached hydrogens (tertiary/aromatic N) is 1. The van der Waals surface area contributed by atoms with E-state index in [1.807, 2.05) is 32.0 Å². The van der Waals surface area contributed by atoms with E-state index in [-0.39, 0.29) is 23.9 Å². The molecule has 28 heavy (non-hydrogen) atoms. The maximum atomic E-state index is 13.3. The number of benzene rings is 1. The van der Waals surface area contributed by atoms with E-state index in [4.69, 9.17) is 4.74 Å². The summed E-state index contributed by atoms with van der Waals surface area (Å²) in [6.07, 6.45) is 7.03. The number of methoxy groups -OCH3 is 1. The number of ether oxygens (including phenoxy) is 1. The van der Waals surface area contributed by atoms with E-state index in [0.717, 1.165) is 30.7 Å². The van der Waals surface area contributed by atoms with Crippen LogP contribution < -0.4 is 10.1 Å². The van der Waals surface area contributed by atoms with Gasteiger partial charge in [-0.3, -0.25) is 9.59 Å². The highest BCUT2D eigenvalue weighted by Gasteiger charge is 2.89. The van der Waals surface area contributed by atoms with Gasteiger partial charge in [0.05, 0.1) is 19.1 Å². The Morgan fingerprint density at radius 3 is 2.46 bits per heavy atom. The summed E-state index contributed by atoms with van der Waals surface area (Å²) in [4.78, 5) is 28.2. The summed E-state index contributed by atoms with van der Waals surface area (Å²) in [5.41, 5.74) is 2.35. The summed E-state index contributed by atoms with van der Waals surface area (Å²) >= 11 is 0. The third-order valence-electron chi connectivity index (χ3n) is 8.03. The standard InChI is InChI=1S/C23H30N2O3/c1-14-13-16(28-3)6-7-17(14)20(26)24-15(2)18-5-4-12-25(18)21(27)19-22(8-9-22)23(19)10-11-23/h6-7,13,15,18-19H,4-5,8-12H2,1-3H3,(H,24,26)/t15?,18-/m0/s1. The fourth-order valence-corrected chi connectivity index (χ4v) is 6.20. The minimum absolute atomic E-state index is 0.0514. The Labute approximate surface area is 166 Å². The SMILES string of the molecule is COc1ccc(C(=O)NC(C)[C@@H]2CCCN2C(=O)C2C3(CC3)C23CC3)c(C)c1. The maximum absolute atomic E-state index is 13.3. The van der Waals surface area contributed by atoms with Crippen LogP contribution in [0.4, 0.5) is 0 Å². The fourth-order valence-electron chi connectivity index (χ4n) is 6.20. The van der Waals surface area contributed by atoms with Crippen LogP contribution in [0, 0.1) is 23.7 Å². The van der Waals surface area contributed by atoms with Crippen molar-refractivity contribution in [3.8, 4) is 5.75 Å². The predicted octanol–water partition coefficient (Wildman–Crippen LogP) is 3.30. The molecule has 4 fully saturated rings. The Hall–Kier alpha value is -2.04. The van der Waals surface area contributed by atoms with E-state index in [1.54, 1.807) is 7.11 Å². The molecular formula is C23H30N2O3. The average Bonchev–Trinajstić information content (AvgIpc) is 3.63. The zero-order valence-corrected chi connectivity index (χ0v) is 17.1. The lowest BCUT2D eigenvalue weighted by molar-refractivity contribution is -0.134. The summed E-state index contributed by atoms with van der Waals surface area (Å²) in [6.45, 7) is 4.80. The third-order valence-corrected chi connectivity index (χ3v) is 8.03. The molecule has 5 rings (SSSR count). The van der Waals surface area contributed by atoms with Crippen LogP contribution in [0.2, 0.25) is 0 Å². The van der Waals surface area contributed by atoms with E-state index >= 15 is 0 Å². The number of fused-ring (bicyclic) bond motifs is 1. The van der Waals surface area contributed by atoms with Crippen molar-refractivity contribution in [3.63, 3.8) is 0 Å². The molecule has 1 unspecified atom stereocenters. The molecule has 5 nitrogen and oxygen atoms in total. The molecule has 0 aromatic heterocycles. The highest BCUT2D eigenvalue weighted by Crippen LogP contribution is 2.92. The number of nitrogens with one attached hydrogen (secondary N) is 1. The molecule has 150 valence electrons. The lowest BCUT2D eigenvalue weighted by Crippen LogP contribution is -2.50. The highest BCUT2D eigenvalue weighted by molar-refractivity contribution is 5.96. The van der Waals surface area contributed by atoms with Crippen molar-refractivity contribution in [2.45, 2.75) is 64.5 Å². The summed E-state index contributed by atoms with van der Waals surface area (Å²) < 4.78 is 5.23. The minimum Gasteiger partial charge on any atom is -0.497 e. The zero-order valence-electron chi connectivity index (χ0n) is 17.1. The van der Waals surface area contributed by atoms with Gasteiger partial charge in [-0.05, 0) is 87.0 Å². The smallest absolute Gasteiger partial charge is 0.251 e. The molecule has 2 amide bonds. The van der Waals surface area contributed by atoms with Gasteiger partial charge in [-0.2, -0.15) is 0 Å².